The van der Waals surface area contributed by atoms with Crippen LogP contribution in [0.15, 0.2) is 18.2 Å². The van der Waals surface area contributed by atoms with Gasteiger partial charge in [-0.1, -0.05) is 11.6 Å². The highest BCUT2D eigenvalue weighted by Gasteiger charge is 2.13. The zero-order valence-electron chi connectivity index (χ0n) is 8.32. The summed E-state index contributed by atoms with van der Waals surface area (Å²) in [5.41, 5.74) is 0.476. The summed E-state index contributed by atoms with van der Waals surface area (Å²) in [6, 6.07) is 6.39. The van der Waals surface area contributed by atoms with Crippen LogP contribution in [0.2, 0.25) is 5.02 Å². The molecule has 0 aromatic heterocycles. The van der Waals surface area contributed by atoms with E-state index in [-0.39, 0.29) is 0 Å². The first-order valence-electron chi connectivity index (χ1n) is 4.11. The van der Waals surface area contributed by atoms with Crippen LogP contribution in [0.4, 0.5) is 5.69 Å². The quantitative estimate of drug-likeness (QED) is 0.721. The Labute approximate surface area is 92.6 Å². The first kappa shape index (κ1) is 11.3. The number of anilines is 1. The molecule has 0 aliphatic carbocycles. The van der Waals surface area contributed by atoms with Gasteiger partial charge in [0.1, 0.15) is 5.75 Å². The van der Waals surface area contributed by atoms with E-state index in [0.717, 1.165) is 0 Å². The van der Waals surface area contributed by atoms with Crippen LogP contribution < -0.4 is 9.64 Å². The average molecular weight is 225 g/mol. The van der Waals surface area contributed by atoms with Gasteiger partial charge in [-0.3, -0.25) is 4.79 Å². The second-order valence-electron chi connectivity index (χ2n) is 2.79. The van der Waals surface area contributed by atoms with Crippen molar-refractivity contribution in [1.29, 1.82) is 5.26 Å². The molecule has 0 saturated heterocycles. The third-order valence-electron chi connectivity index (χ3n) is 1.92. The fraction of sp³-hybridized carbons (Fsp3) is 0.200. The molecule has 15 heavy (non-hydrogen) atoms. The number of ether oxygens (including phenoxy) is 1. The van der Waals surface area contributed by atoms with Gasteiger partial charge in [-0.25, -0.2) is 0 Å². The predicted molar refractivity (Wildman–Crippen MR) is 57.0 cm³/mol. The molecule has 1 aromatic carbocycles. The molecule has 78 valence electrons. The molecular formula is C10H9ClN2O2. The number of carbonyl (C=O) groups excluding carboxylic acids is 1. The lowest BCUT2D eigenvalue weighted by atomic mass is 10.3. The van der Waals surface area contributed by atoms with E-state index in [1.54, 1.807) is 18.2 Å². The molecule has 0 atom stereocenters. The third kappa shape index (κ3) is 2.39. The number of carbonyl (C=O) groups is 1. The minimum Gasteiger partial charge on any atom is -0.497 e. The number of methoxy groups -OCH3 is 1. The van der Waals surface area contributed by atoms with Crippen molar-refractivity contribution in [2.75, 3.05) is 19.1 Å². The average Bonchev–Trinajstić information content (AvgIpc) is 2.26. The van der Waals surface area contributed by atoms with Crippen molar-refractivity contribution < 1.29 is 9.53 Å². The number of amides is 1. The lowest BCUT2D eigenvalue weighted by molar-refractivity contribution is -0.113. The SMILES string of the molecule is COc1ccc(N(C)C(=O)C#N)c(Cl)c1. The Bertz CT molecular complexity index is 426. The Morgan fingerprint density at radius 2 is 2.27 bits per heavy atom. The van der Waals surface area contributed by atoms with Crippen LogP contribution >= 0.6 is 11.6 Å². The summed E-state index contributed by atoms with van der Waals surface area (Å²) in [5, 5.41) is 8.81. The molecule has 0 N–H and O–H groups in total. The summed E-state index contributed by atoms with van der Waals surface area (Å²) >= 11 is 5.92. The molecule has 4 nitrogen and oxygen atoms in total. The van der Waals surface area contributed by atoms with Crippen molar-refractivity contribution in [3.05, 3.63) is 23.2 Å². The second kappa shape index (κ2) is 4.67. The number of nitriles is 1. The van der Waals surface area contributed by atoms with Crippen LogP contribution in [0, 0.1) is 11.3 Å². The predicted octanol–water partition coefficient (Wildman–Crippen LogP) is 1.83. The first-order chi connectivity index (χ1) is 7.10. The second-order valence-corrected chi connectivity index (χ2v) is 3.20. The van der Waals surface area contributed by atoms with Gasteiger partial charge >= 0.3 is 5.91 Å². The van der Waals surface area contributed by atoms with Gasteiger partial charge in [0.15, 0.2) is 6.07 Å². The Hall–Kier alpha value is -1.73. The van der Waals surface area contributed by atoms with Gasteiger partial charge in [-0.15, -0.1) is 0 Å². The van der Waals surface area contributed by atoms with Crippen LogP contribution in [0.1, 0.15) is 0 Å². The van der Waals surface area contributed by atoms with Crippen LogP contribution in [0.25, 0.3) is 0 Å². The molecule has 0 heterocycles. The van der Waals surface area contributed by atoms with E-state index in [4.69, 9.17) is 21.6 Å². The summed E-state index contributed by atoms with van der Waals surface area (Å²) in [7, 11) is 3.01. The minimum absolute atomic E-state index is 0.362. The Morgan fingerprint density at radius 3 is 2.73 bits per heavy atom. The Morgan fingerprint density at radius 1 is 1.60 bits per heavy atom. The van der Waals surface area contributed by atoms with Gasteiger partial charge in [0.05, 0.1) is 17.8 Å². The van der Waals surface area contributed by atoms with Crippen molar-refractivity contribution in [1.82, 2.24) is 0 Å². The van der Waals surface area contributed by atoms with E-state index >= 15 is 0 Å². The summed E-state index contributed by atoms with van der Waals surface area (Å²) in [5.74, 6) is -0.0661. The van der Waals surface area contributed by atoms with E-state index in [9.17, 15) is 4.79 Å². The summed E-state index contributed by atoms with van der Waals surface area (Å²) in [6.45, 7) is 0. The number of benzene rings is 1. The lowest BCUT2D eigenvalue weighted by Gasteiger charge is -2.15. The van der Waals surface area contributed by atoms with Gasteiger partial charge in [0, 0.05) is 13.1 Å². The smallest absolute Gasteiger partial charge is 0.329 e. The normalized spacial score (nSPS) is 9.20. The maximum Gasteiger partial charge on any atom is 0.329 e. The molecule has 0 unspecified atom stereocenters. The van der Waals surface area contributed by atoms with Gasteiger partial charge in [-0.2, -0.15) is 5.26 Å². The molecule has 5 heteroatoms. The molecule has 0 bridgehead atoms. The van der Waals surface area contributed by atoms with Crippen molar-refractivity contribution in [3.8, 4) is 11.8 Å². The Kier molecular flexibility index (Phi) is 3.53. The van der Waals surface area contributed by atoms with Crippen molar-refractivity contribution in [2.24, 2.45) is 0 Å². The highest BCUT2D eigenvalue weighted by atomic mass is 35.5. The van der Waals surface area contributed by atoms with E-state index in [2.05, 4.69) is 0 Å². The Balaban J connectivity index is 3.06. The number of hydrogen-bond acceptors (Lipinski definition) is 3. The molecule has 0 saturated carbocycles. The maximum atomic E-state index is 11.1. The number of halogens is 1. The highest BCUT2D eigenvalue weighted by molar-refractivity contribution is 6.34. The molecule has 0 aliphatic rings. The van der Waals surface area contributed by atoms with Crippen LogP contribution in [0.3, 0.4) is 0 Å². The molecular weight excluding hydrogens is 216 g/mol. The third-order valence-corrected chi connectivity index (χ3v) is 2.22. The van der Waals surface area contributed by atoms with Gasteiger partial charge in [0.25, 0.3) is 0 Å². The van der Waals surface area contributed by atoms with Crippen molar-refractivity contribution in [2.45, 2.75) is 0 Å². The van der Waals surface area contributed by atoms with Crippen molar-refractivity contribution >= 4 is 23.2 Å². The standard InChI is InChI=1S/C10H9ClN2O2/c1-13(10(14)6-12)9-4-3-7(15-2)5-8(9)11/h3-5H,1-2H3. The summed E-state index contributed by atoms with van der Waals surface area (Å²) < 4.78 is 4.96. The van der Waals surface area contributed by atoms with Crippen LogP contribution in [-0.2, 0) is 4.79 Å². The van der Waals surface area contributed by atoms with E-state index in [1.807, 2.05) is 0 Å². The zero-order chi connectivity index (χ0) is 11.4. The monoisotopic (exact) mass is 224 g/mol. The molecule has 1 aromatic rings. The first-order valence-corrected chi connectivity index (χ1v) is 4.49. The largest absolute Gasteiger partial charge is 0.497 e. The fourth-order valence-electron chi connectivity index (χ4n) is 1.07. The van der Waals surface area contributed by atoms with Gasteiger partial charge < -0.3 is 9.64 Å². The summed E-state index contributed by atoms with van der Waals surface area (Å²) in [6.07, 6.45) is 0. The number of rotatable bonds is 2. The topological polar surface area (TPSA) is 53.3 Å². The summed E-state index contributed by atoms with van der Waals surface area (Å²) in [4.78, 5) is 12.3. The molecule has 0 spiro atoms. The number of nitrogens with zero attached hydrogens (tertiary/aromatic N) is 2. The lowest BCUT2D eigenvalue weighted by Crippen LogP contribution is -2.24. The number of hydrogen-bond donors (Lipinski definition) is 0. The zero-order valence-corrected chi connectivity index (χ0v) is 9.08. The van der Waals surface area contributed by atoms with Crippen molar-refractivity contribution in [3.63, 3.8) is 0 Å². The van der Waals surface area contributed by atoms with E-state index in [1.165, 1.54) is 25.1 Å². The molecule has 0 fully saturated rings. The fourth-order valence-corrected chi connectivity index (χ4v) is 1.37. The minimum atomic E-state index is -0.665. The van der Waals surface area contributed by atoms with Crippen LogP contribution in [-0.4, -0.2) is 20.1 Å². The molecule has 1 rings (SSSR count). The van der Waals surface area contributed by atoms with E-state index < -0.39 is 5.91 Å². The highest BCUT2D eigenvalue weighted by Crippen LogP contribution is 2.28. The van der Waals surface area contributed by atoms with Crippen LogP contribution in [0.5, 0.6) is 5.75 Å². The van der Waals surface area contributed by atoms with Gasteiger partial charge in [-0.05, 0) is 12.1 Å². The molecule has 1 amide bonds. The maximum absolute atomic E-state index is 11.1. The van der Waals surface area contributed by atoms with E-state index in [0.29, 0.717) is 16.5 Å². The van der Waals surface area contributed by atoms with Gasteiger partial charge in [0.2, 0.25) is 0 Å². The molecule has 0 radical (unpaired) electrons. The molecule has 0 aliphatic heterocycles.